The van der Waals surface area contributed by atoms with Crippen molar-refractivity contribution >= 4 is 22.6 Å². The van der Waals surface area contributed by atoms with Crippen molar-refractivity contribution < 1.29 is 4.79 Å². The smallest absolute Gasteiger partial charge is 0.256 e. The molecule has 1 amide bonds. The van der Waals surface area contributed by atoms with Crippen LogP contribution < -0.4 is 5.32 Å². The van der Waals surface area contributed by atoms with Crippen LogP contribution >= 0.6 is 0 Å². The molecule has 0 atom stereocenters. The fourth-order valence-electron chi connectivity index (χ4n) is 3.65. The van der Waals surface area contributed by atoms with Gasteiger partial charge in [-0.1, -0.05) is 19.9 Å². The Hall–Kier alpha value is -3.62. The highest BCUT2D eigenvalue weighted by atomic mass is 16.1. The van der Waals surface area contributed by atoms with Crippen molar-refractivity contribution in [1.29, 1.82) is 0 Å². The zero-order valence-electron chi connectivity index (χ0n) is 19.5. The topological polar surface area (TPSA) is 103 Å². The van der Waals surface area contributed by atoms with Gasteiger partial charge >= 0.3 is 0 Å². The van der Waals surface area contributed by atoms with E-state index in [1.165, 1.54) is 6.33 Å². The van der Waals surface area contributed by atoms with Crippen LogP contribution in [0.5, 0.6) is 0 Å². The third kappa shape index (κ3) is 3.86. The lowest BCUT2D eigenvalue weighted by atomic mass is 10.0. The number of benzene rings is 1. The van der Waals surface area contributed by atoms with Crippen molar-refractivity contribution in [2.75, 3.05) is 5.32 Å². The van der Waals surface area contributed by atoms with Crippen LogP contribution in [0.4, 0.5) is 5.69 Å². The van der Waals surface area contributed by atoms with Gasteiger partial charge in [-0.3, -0.25) is 4.79 Å². The predicted molar refractivity (Wildman–Crippen MR) is 123 cm³/mol. The van der Waals surface area contributed by atoms with E-state index >= 15 is 0 Å². The molecular weight excluding hydrogens is 404 g/mol. The second-order valence-electron chi connectivity index (χ2n) is 9.33. The van der Waals surface area contributed by atoms with Crippen LogP contribution in [0.25, 0.3) is 16.7 Å². The molecule has 1 aromatic carbocycles. The van der Waals surface area contributed by atoms with Crippen LogP contribution in [-0.4, -0.2) is 40.9 Å². The third-order valence-corrected chi connectivity index (χ3v) is 5.37. The summed E-state index contributed by atoms with van der Waals surface area (Å²) in [6, 6.07) is 7.53. The maximum Gasteiger partial charge on any atom is 0.256 e. The summed E-state index contributed by atoms with van der Waals surface area (Å²) in [5.41, 5.74) is 5.11. The first kappa shape index (κ1) is 21.6. The highest BCUT2D eigenvalue weighted by Gasteiger charge is 2.25. The van der Waals surface area contributed by atoms with E-state index in [2.05, 4.69) is 55.5 Å². The number of rotatable bonds is 4. The van der Waals surface area contributed by atoms with E-state index in [9.17, 15) is 4.79 Å². The number of nitrogens with one attached hydrogen (secondary N) is 1. The van der Waals surface area contributed by atoms with Crippen LogP contribution in [0.15, 0.2) is 30.6 Å². The van der Waals surface area contributed by atoms with Crippen molar-refractivity contribution in [3.05, 3.63) is 53.1 Å². The summed E-state index contributed by atoms with van der Waals surface area (Å²) < 4.78 is 3.48. The Labute approximate surface area is 186 Å². The number of fused-ring (bicyclic) bond motifs is 1. The van der Waals surface area contributed by atoms with Gasteiger partial charge in [0.1, 0.15) is 6.33 Å². The number of tetrazole rings is 1. The highest BCUT2D eigenvalue weighted by Crippen LogP contribution is 2.29. The lowest BCUT2D eigenvalue weighted by Gasteiger charge is -2.20. The van der Waals surface area contributed by atoms with Crippen LogP contribution in [0.3, 0.4) is 0 Å². The quantitative estimate of drug-likeness (QED) is 0.519. The third-order valence-electron chi connectivity index (χ3n) is 5.37. The molecule has 4 rings (SSSR count). The monoisotopic (exact) mass is 432 g/mol. The van der Waals surface area contributed by atoms with E-state index in [1.807, 2.05) is 42.8 Å². The molecule has 1 N–H and O–H groups in total. The van der Waals surface area contributed by atoms with Gasteiger partial charge in [0.25, 0.3) is 5.91 Å². The number of aromatic nitrogens is 7. The van der Waals surface area contributed by atoms with Crippen molar-refractivity contribution in [3.63, 3.8) is 0 Å². The first-order valence-corrected chi connectivity index (χ1v) is 10.6. The molecule has 3 aromatic heterocycles. The molecule has 0 unspecified atom stereocenters. The van der Waals surface area contributed by atoms with E-state index in [0.717, 1.165) is 33.7 Å². The van der Waals surface area contributed by atoms with Gasteiger partial charge in [-0.15, -0.1) is 5.10 Å². The average Bonchev–Trinajstić information content (AvgIpc) is 3.37. The summed E-state index contributed by atoms with van der Waals surface area (Å²) in [7, 11) is 0. The molecule has 0 aliphatic heterocycles. The van der Waals surface area contributed by atoms with Gasteiger partial charge in [-0.05, 0) is 74.7 Å². The zero-order valence-corrected chi connectivity index (χ0v) is 19.5. The van der Waals surface area contributed by atoms with E-state index in [0.29, 0.717) is 11.3 Å². The summed E-state index contributed by atoms with van der Waals surface area (Å²) in [6.07, 6.45) is 1.53. The Morgan fingerprint density at radius 3 is 2.50 bits per heavy atom. The van der Waals surface area contributed by atoms with Crippen LogP contribution in [0, 0.1) is 13.8 Å². The summed E-state index contributed by atoms with van der Waals surface area (Å²) in [5.74, 6) is -0.0391. The van der Waals surface area contributed by atoms with Crippen molar-refractivity contribution in [2.45, 2.75) is 59.9 Å². The molecule has 9 nitrogen and oxygen atoms in total. The fourth-order valence-corrected chi connectivity index (χ4v) is 3.65. The Balaban J connectivity index is 1.81. The molecular formula is C23H28N8O. The summed E-state index contributed by atoms with van der Waals surface area (Å²) in [6.45, 7) is 14.3. The van der Waals surface area contributed by atoms with Crippen LogP contribution in [0.1, 0.15) is 67.8 Å². The van der Waals surface area contributed by atoms with Gasteiger partial charge in [0, 0.05) is 11.4 Å². The molecule has 32 heavy (non-hydrogen) atoms. The van der Waals surface area contributed by atoms with Gasteiger partial charge in [0.2, 0.25) is 0 Å². The number of anilines is 1. The largest absolute Gasteiger partial charge is 0.322 e. The van der Waals surface area contributed by atoms with Gasteiger partial charge in [0.15, 0.2) is 5.65 Å². The first-order chi connectivity index (χ1) is 15.1. The number of hydrogen-bond donors (Lipinski definition) is 1. The molecule has 3 heterocycles. The number of pyridine rings is 1. The Bertz CT molecular complexity index is 1300. The molecule has 0 saturated heterocycles. The predicted octanol–water partition coefficient (Wildman–Crippen LogP) is 4.15. The van der Waals surface area contributed by atoms with Gasteiger partial charge < -0.3 is 5.32 Å². The maximum absolute atomic E-state index is 13.5. The SMILES string of the molecule is Cc1ccc(NC(=O)c2cc(C(C)C)nc3c2c(C)nn3C(C)(C)C)cc1-n1cnnn1. The van der Waals surface area contributed by atoms with Crippen LogP contribution in [0.2, 0.25) is 0 Å². The normalized spacial score (nSPS) is 12.0. The van der Waals surface area contributed by atoms with E-state index in [1.54, 1.807) is 4.68 Å². The lowest BCUT2D eigenvalue weighted by molar-refractivity contribution is 0.102. The number of amides is 1. The van der Waals surface area contributed by atoms with Crippen molar-refractivity contribution in [2.24, 2.45) is 0 Å². The Kier molecular flexibility index (Phi) is 5.28. The average molecular weight is 433 g/mol. The standard InChI is InChI=1S/C23H28N8O/c1-13(2)18-11-17(20-15(4)27-31(21(20)26-18)23(5,6)7)22(32)25-16-9-8-14(3)19(10-16)30-12-24-28-29-30/h8-13H,1-7H3,(H,25,32). The number of carbonyl (C=O) groups is 1. The van der Waals surface area contributed by atoms with E-state index in [4.69, 9.17) is 10.1 Å². The molecule has 166 valence electrons. The molecule has 9 heteroatoms. The molecule has 0 fully saturated rings. The van der Waals surface area contributed by atoms with Crippen LogP contribution in [-0.2, 0) is 5.54 Å². The van der Waals surface area contributed by atoms with Gasteiger partial charge in [-0.2, -0.15) is 5.10 Å². The highest BCUT2D eigenvalue weighted by molar-refractivity contribution is 6.12. The van der Waals surface area contributed by atoms with Crippen molar-refractivity contribution in [3.8, 4) is 5.69 Å². The molecule has 0 radical (unpaired) electrons. The summed E-state index contributed by atoms with van der Waals surface area (Å²) in [4.78, 5) is 18.3. The van der Waals surface area contributed by atoms with E-state index in [-0.39, 0.29) is 17.4 Å². The molecule has 0 bridgehead atoms. The Morgan fingerprint density at radius 1 is 1.12 bits per heavy atom. The van der Waals surface area contributed by atoms with Crippen molar-refractivity contribution in [1.82, 2.24) is 35.0 Å². The summed E-state index contributed by atoms with van der Waals surface area (Å²) in [5, 5.41) is 19.9. The number of hydrogen-bond acceptors (Lipinski definition) is 6. The fraction of sp³-hybridized carbons (Fsp3) is 0.391. The molecule has 0 spiro atoms. The summed E-state index contributed by atoms with van der Waals surface area (Å²) >= 11 is 0. The minimum Gasteiger partial charge on any atom is -0.322 e. The molecule has 4 aromatic rings. The first-order valence-electron chi connectivity index (χ1n) is 10.6. The molecule has 0 saturated carbocycles. The van der Waals surface area contributed by atoms with E-state index < -0.39 is 0 Å². The number of nitrogens with zero attached hydrogens (tertiary/aromatic N) is 7. The Morgan fingerprint density at radius 2 is 1.88 bits per heavy atom. The lowest BCUT2D eigenvalue weighted by Crippen LogP contribution is -2.24. The zero-order chi connectivity index (χ0) is 23.2. The number of carbonyl (C=O) groups excluding carboxylic acids is 1. The van der Waals surface area contributed by atoms with Gasteiger partial charge in [-0.25, -0.2) is 14.3 Å². The molecule has 0 aliphatic rings. The number of aryl methyl sites for hydroxylation is 2. The minimum absolute atomic E-state index is 0.167. The second kappa shape index (κ2) is 7.81. The molecule has 0 aliphatic carbocycles. The maximum atomic E-state index is 13.5. The second-order valence-corrected chi connectivity index (χ2v) is 9.33. The van der Waals surface area contributed by atoms with Gasteiger partial charge in [0.05, 0.1) is 27.9 Å². The minimum atomic E-state index is -0.263.